The molecule has 1 amide bonds. The summed E-state index contributed by atoms with van der Waals surface area (Å²) >= 11 is 3.38. The Kier molecular flexibility index (Phi) is 7.82. The fraction of sp³-hybridized carbons (Fsp3) is 0.250. The lowest BCUT2D eigenvalue weighted by Gasteiger charge is -2.18. The van der Waals surface area contributed by atoms with Crippen LogP contribution in [-0.4, -0.2) is 17.0 Å². The molecule has 1 N–H and O–H groups in total. The number of amides is 1. The quantitative estimate of drug-likeness (QED) is 0.477. The number of hydrogen-bond acceptors (Lipinski definition) is 2. The molecule has 29 heavy (non-hydrogen) atoms. The van der Waals surface area contributed by atoms with Gasteiger partial charge in [0.2, 0.25) is 5.91 Å². The van der Waals surface area contributed by atoms with Crippen molar-refractivity contribution >= 4 is 21.8 Å². The van der Waals surface area contributed by atoms with Gasteiger partial charge in [-0.1, -0.05) is 60.7 Å². The lowest BCUT2D eigenvalue weighted by atomic mass is 9.88. The van der Waals surface area contributed by atoms with Crippen molar-refractivity contribution in [3.8, 4) is 0 Å². The van der Waals surface area contributed by atoms with E-state index >= 15 is 0 Å². The summed E-state index contributed by atoms with van der Waals surface area (Å²) in [6.45, 7) is 1.25. The van der Waals surface area contributed by atoms with E-state index in [4.69, 9.17) is 0 Å². The minimum absolute atomic E-state index is 0.00852. The Morgan fingerprint density at radius 3 is 2.14 bits per heavy atom. The van der Waals surface area contributed by atoms with Gasteiger partial charge in [-0.05, 0) is 46.0 Å². The van der Waals surface area contributed by atoms with Gasteiger partial charge in [0.15, 0.2) is 0 Å². The van der Waals surface area contributed by atoms with Gasteiger partial charge in [-0.3, -0.25) is 9.59 Å². The van der Waals surface area contributed by atoms with Crippen molar-refractivity contribution < 1.29 is 4.79 Å². The van der Waals surface area contributed by atoms with Crippen LogP contribution >= 0.6 is 15.9 Å². The number of nitrogens with one attached hydrogen (secondary N) is 1. The molecule has 1 heterocycles. The normalized spacial score (nSPS) is 10.8. The Morgan fingerprint density at radius 2 is 1.52 bits per heavy atom. The van der Waals surface area contributed by atoms with Gasteiger partial charge in [0.25, 0.3) is 5.56 Å². The zero-order valence-electron chi connectivity index (χ0n) is 16.3. The third-order valence-corrected chi connectivity index (χ3v) is 5.36. The first kappa shape index (κ1) is 21.1. The fourth-order valence-corrected chi connectivity index (χ4v) is 3.75. The number of pyridine rings is 1. The maximum Gasteiger partial charge on any atom is 0.250 e. The molecule has 0 radical (unpaired) electrons. The van der Waals surface area contributed by atoms with E-state index in [2.05, 4.69) is 45.5 Å². The Labute approximate surface area is 179 Å². The highest BCUT2D eigenvalue weighted by Gasteiger charge is 2.17. The molecule has 4 nitrogen and oxygen atoms in total. The molecular weight excluding hydrogens is 428 g/mol. The van der Waals surface area contributed by atoms with Crippen LogP contribution in [0.25, 0.3) is 0 Å². The smallest absolute Gasteiger partial charge is 0.250 e. The number of rotatable bonds is 9. The molecule has 1 aromatic heterocycles. The van der Waals surface area contributed by atoms with Crippen LogP contribution in [0.2, 0.25) is 0 Å². The van der Waals surface area contributed by atoms with Crippen molar-refractivity contribution in [2.75, 3.05) is 6.54 Å². The van der Waals surface area contributed by atoms with E-state index in [0.29, 0.717) is 19.5 Å². The van der Waals surface area contributed by atoms with Crippen molar-refractivity contribution in [1.82, 2.24) is 9.88 Å². The average molecular weight is 453 g/mol. The molecule has 0 bridgehead atoms. The molecule has 3 aromatic rings. The minimum atomic E-state index is -0.00852. The summed E-state index contributed by atoms with van der Waals surface area (Å²) in [5.41, 5.74) is 2.27. The van der Waals surface area contributed by atoms with Gasteiger partial charge in [0.05, 0.1) is 0 Å². The number of hydrogen-bond donors (Lipinski definition) is 1. The monoisotopic (exact) mass is 452 g/mol. The standard InChI is InChI=1S/C24H25BrN2O2/c25-21-13-14-24(29)27(18-21)16-8-7-15-26-23(28)17-22(19-9-3-1-4-10-19)20-11-5-2-6-12-20/h1-6,9-14,18,22H,7-8,15-17H2,(H,26,28). The molecule has 0 aliphatic carbocycles. The second-order valence-electron chi connectivity index (χ2n) is 7.01. The first-order chi connectivity index (χ1) is 14.1. The molecule has 150 valence electrons. The molecule has 0 aliphatic heterocycles. The number of benzene rings is 2. The highest BCUT2D eigenvalue weighted by atomic mass is 79.9. The van der Waals surface area contributed by atoms with E-state index < -0.39 is 0 Å². The number of nitrogens with zero attached hydrogens (tertiary/aromatic N) is 1. The van der Waals surface area contributed by atoms with E-state index in [1.54, 1.807) is 22.9 Å². The lowest BCUT2D eigenvalue weighted by Crippen LogP contribution is -2.27. The third kappa shape index (κ3) is 6.43. The molecule has 5 heteroatoms. The van der Waals surface area contributed by atoms with Gasteiger partial charge >= 0.3 is 0 Å². The van der Waals surface area contributed by atoms with E-state index in [-0.39, 0.29) is 17.4 Å². The summed E-state index contributed by atoms with van der Waals surface area (Å²) in [6, 6.07) is 23.6. The van der Waals surface area contributed by atoms with Crippen molar-refractivity contribution in [1.29, 1.82) is 0 Å². The third-order valence-electron chi connectivity index (χ3n) is 4.89. The van der Waals surface area contributed by atoms with Crippen LogP contribution in [0.5, 0.6) is 0 Å². The van der Waals surface area contributed by atoms with E-state index in [1.807, 2.05) is 36.4 Å². The van der Waals surface area contributed by atoms with Gasteiger partial charge in [0, 0.05) is 42.2 Å². The molecule has 0 saturated carbocycles. The maximum absolute atomic E-state index is 12.6. The van der Waals surface area contributed by atoms with E-state index in [0.717, 1.165) is 28.4 Å². The van der Waals surface area contributed by atoms with Crippen molar-refractivity contribution in [2.45, 2.75) is 31.7 Å². The first-order valence-corrected chi connectivity index (χ1v) is 10.7. The van der Waals surface area contributed by atoms with Crippen LogP contribution < -0.4 is 10.9 Å². The summed E-state index contributed by atoms with van der Waals surface area (Å²) in [4.78, 5) is 24.4. The number of aromatic nitrogens is 1. The van der Waals surface area contributed by atoms with Crippen LogP contribution in [0.3, 0.4) is 0 Å². The molecule has 0 aliphatic rings. The number of halogens is 1. The van der Waals surface area contributed by atoms with Crippen molar-refractivity contribution in [3.05, 3.63) is 105 Å². The molecule has 0 spiro atoms. The molecule has 0 unspecified atom stereocenters. The topological polar surface area (TPSA) is 51.1 Å². The minimum Gasteiger partial charge on any atom is -0.356 e. The van der Waals surface area contributed by atoms with Crippen molar-refractivity contribution in [3.63, 3.8) is 0 Å². The summed E-state index contributed by atoms with van der Waals surface area (Å²) in [5, 5.41) is 3.03. The van der Waals surface area contributed by atoms with Gasteiger partial charge in [-0.2, -0.15) is 0 Å². The number of unbranched alkanes of at least 4 members (excludes halogenated alkanes) is 1. The average Bonchev–Trinajstić information content (AvgIpc) is 2.75. The second kappa shape index (κ2) is 10.8. The molecule has 0 fully saturated rings. The largest absolute Gasteiger partial charge is 0.356 e. The highest BCUT2D eigenvalue weighted by Crippen LogP contribution is 2.27. The van der Waals surface area contributed by atoms with Crippen LogP contribution in [0.1, 0.15) is 36.3 Å². The van der Waals surface area contributed by atoms with Gasteiger partial charge in [0.1, 0.15) is 0 Å². The van der Waals surface area contributed by atoms with Crippen molar-refractivity contribution in [2.24, 2.45) is 0 Å². The molecule has 3 rings (SSSR count). The van der Waals surface area contributed by atoms with Crippen LogP contribution in [0, 0.1) is 0 Å². The highest BCUT2D eigenvalue weighted by molar-refractivity contribution is 9.10. The number of carbonyl (C=O) groups excluding carboxylic acids is 1. The number of carbonyl (C=O) groups is 1. The van der Waals surface area contributed by atoms with Gasteiger partial charge in [-0.15, -0.1) is 0 Å². The summed E-state index contributed by atoms with van der Waals surface area (Å²) in [5.74, 6) is 0.0833. The van der Waals surface area contributed by atoms with E-state index in [9.17, 15) is 9.59 Å². The lowest BCUT2D eigenvalue weighted by molar-refractivity contribution is -0.121. The Morgan fingerprint density at radius 1 is 0.897 bits per heavy atom. The first-order valence-electron chi connectivity index (χ1n) is 9.86. The fourth-order valence-electron chi connectivity index (χ4n) is 3.37. The maximum atomic E-state index is 12.6. The predicted octanol–water partition coefficient (Wildman–Crippen LogP) is 4.73. The Bertz CT molecular complexity index is 931. The zero-order chi connectivity index (χ0) is 20.5. The Balaban J connectivity index is 1.50. The zero-order valence-corrected chi connectivity index (χ0v) is 17.8. The molecule has 0 atom stereocenters. The summed E-state index contributed by atoms with van der Waals surface area (Å²) in [6.07, 6.45) is 3.87. The molecule has 2 aromatic carbocycles. The van der Waals surface area contributed by atoms with Crippen LogP contribution in [0.15, 0.2) is 88.3 Å². The van der Waals surface area contributed by atoms with Gasteiger partial charge in [-0.25, -0.2) is 0 Å². The predicted molar refractivity (Wildman–Crippen MR) is 120 cm³/mol. The number of aryl methyl sites for hydroxylation is 1. The Hall–Kier alpha value is -2.66. The molecular formula is C24H25BrN2O2. The van der Waals surface area contributed by atoms with Gasteiger partial charge < -0.3 is 9.88 Å². The van der Waals surface area contributed by atoms with Crippen LogP contribution in [0.4, 0.5) is 0 Å². The second-order valence-corrected chi connectivity index (χ2v) is 7.93. The summed E-state index contributed by atoms with van der Waals surface area (Å²) < 4.78 is 2.57. The summed E-state index contributed by atoms with van der Waals surface area (Å²) in [7, 11) is 0. The SMILES string of the molecule is O=C(CC(c1ccccc1)c1ccccc1)NCCCCn1cc(Br)ccc1=O. The van der Waals surface area contributed by atoms with E-state index in [1.165, 1.54) is 0 Å². The van der Waals surface area contributed by atoms with Crippen LogP contribution in [-0.2, 0) is 11.3 Å². The molecule has 0 saturated heterocycles.